The van der Waals surface area contributed by atoms with Gasteiger partial charge in [-0.05, 0) is 48.8 Å². The number of carbonyl (C=O) groups is 1. The Morgan fingerprint density at radius 1 is 1.00 bits per heavy atom. The van der Waals surface area contributed by atoms with E-state index in [0.717, 1.165) is 12.3 Å². The van der Waals surface area contributed by atoms with Crippen molar-refractivity contribution in [1.29, 1.82) is 0 Å². The van der Waals surface area contributed by atoms with Crippen LogP contribution in [0.4, 0.5) is 0 Å². The highest BCUT2D eigenvalue weighted by atomic mass is 16.1. The summed E-state index contributed by atoms with van der Waals surface area (Å²) in [5.74, 6) is 1.49. The molecule has 1 saturated carbocycles. The highest BCUT2D eigenvalue weighted by Gasteiger charge is 2.23. The summed E-state index contributed by atoms with van der Waals surface area (Å²) < 4.78 is 0. The van der Waals surface area contributed by atoms with E-state index < -0.39 is 0 Å². The molecule has 136 valence electrons. The molecule has 0 bridgehead atoms. The van der Waals surface area contributed by atoms with E-state index in [1.54, 1.807) is 6.92 Å². The summed E-state index contributed by atoms with van der Waals surface area (Å²) in [5.41, 5.74) is 3.94. The molecule has 0 aromatic heterocycles. The minimum absolute atomic E-state index is 0.264. The zero-order chi connectivity index (χ0) is 18.2. The molecular weight excluding hydrogens is 316 g/mol. The number of hydrogen-bond acceptors (Lipinski definition) is 1. The van der Waals surface area contributed by atoms with Gasteiger partial charge in [0.05, 0.1) is 0 Å². The number of benzene rings is 2. The van der Waals surface area contributed by atoms with Crippen LogP contribution in [0.15, 0.2) is 60.7 Å². The summed E-state index contributed by atoms with van der Waals surface area (Å²) in [6.07, 6.45) is 12.9. The molecule has 3 rings (SSSR count). The quantitative estimate of drug-likeness (QED) is 0.553. The van der Waals surface area contributed by atoms with Gasteiger partial charge in [-0.3, -0.25) is 0 Å². The first kappa shape index (κ1) is 18.6. The van der Waals surface area contributed by atoms with Crippen molar-refractivity contribution in [3.63, 3.8) is 0 Å². The maximum atomic E-state index is 11.2. The summed E-state index contributed by atoms with van der Waals surface area (Å²) in [6, 6.07) is 19.6. The highest BCUT2D eigenvalue weighted by Crippen LogP contribution is 2.37. The number of carbonyl (C=O) groups excluding carboxylic acids is 1. The summed E-state index contributed by atoms with van der Waals surface area (Å²) in [4.78, 5) is 11.2. The van der Waals surface area contributed by atoms with Crippen molar-refractivity contribution in [3.8, 4) is 0 Å². The van der Waals surface area contributed by atoms with Crippen molar-refractivity contribution >= 4 is 11.9 Å². The standard InChI is InChI=1S/C25H30O/c1-20(26)12-13-22-14-17-24(18-15-22)25(23-10-6-3-7-11-23)19-16-21-8-4-2-5-9-21/h2,4-5,8-9,14-19,23,25H,3,6-7,10-13H2,1H3/b19-16+. The predicted octanol–water partition coefficient (Wildman–Crippen LogP) is 6.59. The minimum atomic E-state index is 0.264. The lowest BCUT2D eigenvalue weighted by atomic mass is 9.76. The second kappa shape index (κ2) is 9.52. The van der Waals surface area contributed by atoms with Crippen LogP contribution in [0.2, 0.25) is 0 Å². The van der Waals surface area contributed by atoms with Crippen LogP contribution in [0.1, 0.15) is 68.1 Å². The first-order valence-electron chi connectivity index (χ1n) is 10.0. The maximum Gasteiger partial charge on any atom is 0.130 e. The van der Waals surface area contributed by atoms with Crippen LogP contribution in [0.5, 0.6) is 0 Å². The van der Waals surface area contributed by atoms with Crippen molar-refractivity contribution < 1.29 is 4.79 Å². The molecule has 1 nitrogen and oxygen atoms in total. The molecule has 26 heavy (non-hydrogen) atoms. The van der Waals surface area contributed by atoms with E-state index >= 15 is 0 Å². The molecular formula is C25H30O. The topological polar surface area (TPSA) is 17.1 Å². The largest absolute Gasteiger partial charge is 0.300 e. The predicted molar refractivity (Wildman–Crippen MR) is 110 cm³/mol. The molecule has 2 aromatic rings. The molecule has 1 atom stereocenters. The van der Waals surface area contributed by atoms with Crippen LogP contribution >= 0.6 is 0 Å². The Morgan fingerprint density at radius 3 is 2.35 bits per heavy atom. The second-order valence-electron chi connectivity index (χ2n) is 7.64. The number of hydrogen-bond donors (Lipinski definition) is 0. The minimum Gasteiger partial charge on any atom is -0.300 e. The van der Waals surface area contributed by atoms with E-state index in [1.165, 1.54) is 48.8 Å². The third-order valence-corrected chi connectivity index (χ3v) is 5.58. The maximum absolute atomic E-state index is 11.2. The molecule has 0 amide bonds. The monoisotopic (exact) mass is 346 g/mol. The molecule has 0 saturated heterocycles. The average molecular weight is 347 g/mol. The van der Waals surface area contributed by atoms with Crippen molar-refractivity contribution in [2.45, 2.75) is 57.8 Å². The van der Waals surface area contributed by atoms with Gasteiger partial charge < -0.3 is 4.79 Å². The van der Waals surface area contributed by atoms with Crippen molar-refractivity contribution in [1.82, 2.24) is 0 Å². The molecule has 0 N–H and O–H groups in total. The molecule has 0 radical (unpaired) electrons. The number of ketones is 1. The highest BCUT2D eigenvalue weighted by molar-refractivity contribution is 5.75. The van der Waals surface area contributed by atoms with Gasteiger partial charge in [0, 0.05) is 12.3 Å². The fourth-order valence-corrected chi connectivity index (χ4v) is 4.04. The van der Waals surface area contributed by atoms with Crippen molar-refractivity contribution in [2.75, 3.05) is 0 Å². The lowest BCUT2D eigenvalue weighted by Gasteiger charge is -2.29. The van der Waals surface area contributed by atoms with Crippen LogP contribution in [-0.4, -0.2) is 5.78 Å². The number of rotatable bonds is 7. The number of aryl methyl sites for hydroxylation is 1. The molecule has 1 heteroatoms. The SMILES string of the molecule is CC(=O)CCc1ccc(C(/C=C/c2ccccc2)C2CCCCC2)cc1. The Kier molecular flexibility index (Phi) is 6.82. The first-order chi connectivity index (χ1) is 12.7. The van der Waals surface area contributed by atoms with Gasteiger partial charge in [-0.25, -0.2) is 0 Å². The van der Waals surface area contributed by atoms with E-state index in [9.17, 15) is 4.79 Å². The van der Waals surface area contributed by atoms with E-state index in [0.29, 0.717) is 12.3 Å². The van der Waals surface area contributed by atoms with Crippen LogP contribution < -0.4 is 0 Å². The van der Waals surface area contributed by atoms with Crippen LogP contribution in [-0.2, 0) is 11.2 Å². The Labute approximate surface area is 158 Å². The van der Waals surface area contributed by atoms with Gasteiger partial charge in [0.15, 0.2) is 0 Å². The van der Waals surface area contributed by atoms with E-state index in [2.05, 4.69) is 66.7 Å². The molecule has 0 heterocycles. The molecule has 1 fully saturated rings. The van der Waals surface area contributed by atoms with Gasteiger partial charge in [-0.2, -0.15) is 0 Å². The summed E-state index contributed by atoms with van der Waals surface area (Å²) >= 11 is 0. The molecule has 1 aliphatic carbocycles. The Hall–Kier alpha value is -2.15. The summed E-state index contributed by atoms with van der Waals surface area (Å²) in [5, 5.41) is 0. The lowest BCUT2D eigenvalue weighted by Crippen LogP contribution is -2.15. The van der Waals surface area contributed by atoms with Gasteiger partial charge in [-0.1, -0.05) is 86.0 Å². The lowest BCUT2D eigenvalue weighted by molar-refractivity contribution is -0.116. The summed E-state index contributed by atoms with van der Waals surface area (Å²) in [6.45, 7) is 1.67. The van der Waals surface area contributed by atoms with Gasteiger partial charge in [-0.15, -0.1) is 0 Å². The van der Waals surface area contributed by atoms with Gasteiger partial charge in [0.25, 0.3) is 0 Å². The zero-order valence-electron chi connectivity index (χ0n) is 15.9. The normalized spacial score (nSPS) is 16.7. The molecule has 1 unspecified atom stereocenters. The zero-order valence-corrected chi connectivity index (χ0v) is 15.9. The summed E-state index contributed by atoms with van der Waals surface area (Å²) in [7, 11) is 0. The van der Waals surface area contributed by atoms with E-state index in [-0.39, 0.29) is 5.78 Å². The third-order valence-electron chi connectivity index (χ3n) is 5.58. The second-order valence-corrected chi connectivity index (χ2v) is 7.64. The third kappa shape index (κ3) is 5.42. The fourth-order valence-electron chi connectivity index (χ4n) is 4.04. The van der Waals surface area contributed by atoms with Gasteiger partial charge >= 0.3 is 0 Å². The smallest absolute Gasteiger partial charge is 0.130 e. The van der Waals surface area contributed by atoms with E-state index in [1.807, 2.05) is 0 Å². The van der Waals surface area contributed by atoms with Gasteiger partial charge in [0.2, 0.25) is 0 Å². The average Bonchev–Trinajstić information content (AvgIpc) is 2.69. The van der Waals surface area contributed by atoms with Crippen LogP contribution in [0.25, 0.3) is 6.08 Å². The fraction of sp³-hybridized carbons (Fsp3) is 0.400. The van der Waals surface area contributed by atoms with Crippen LogP contribution in [0, 0.1) is 5.92 Å². The van der Waals surface area contributed by atoms with E-state index in [4.69, 9.17) is 0 Å². The van der Waals surface area contributed by atoms with Gasteiger partial charge in [0.1, 0.15) is 5.78 Å². The molecule has 0 spiro atoms. The molecule has 1 aliphatic rings. The number of allylic oxidation sites excluding steroid dienone is 1. The molecule has 0 aliphatic heterocycles. The van der Waals surface area contributed by atoms with Crippen LogP contribution in [0.3, 0.4) is 0 Å². The van der Waals surface area contributed by atoms with Crippen molar-refractivity contribution in [2.24, 2.45) is 5.92 Å². The Balaban J connectivity index is 1.78. The van der Waals surface area contributed by atoms with Crippen molar-refractivity contribution in [3.05, 3.63) is 77.4 Å². The molecule has 2 aromatic carbocycles. The Bertz CT molecular complexity index is 706. The first-order valence-corrected chi connectivity index (χ1v) is 10.0. The number of Topliss-reactive ketones (excluding diaryl/α,β-unsaturated/α-hetero) is 1. The Morgan fingerprint density at radius 2 is 1.69 bits per heavy atom.